The Hall–Kier alpha value is -1.47. The quantitative estimate of drug-likeness (QED) is 0.876. The van der Waals surface area contributed by atoms with Gasteiger partial charge >= 0.3 is 0 Å². The highest BCUT2D eigenvalue weighted by molar-refractivity contribution is 9.10. The maximum atomic E-state index is 13.4. The first-order chi connectivity index (χ1) is 9.02. The van der Waals surface area contributed by atoms with Crippen molar-refractivity contribution in [1.82, 2.24) is 4.90 Å². The van der Waals surface area contributed by atoms with Crippen molar-refractivity contribution in [3.8, 4) is 0 Å². The molecular formula is C12H12BrFN2O3. The van der Waals surface area contributed by atoms with Gasteiger partial charge in [0.25, 0.3) is 5.91 Å². The topological polar surface area (TPSA) is 72.6 Å². The summed E-state index contributed by atoms with van der Waals surface area (Å²) in [4.78, 5) is 25.0. The molecule has 0 saturated carbocycles. The van der Waals surface area contributed by atoms with Crippen molar-refractivity contribution in [2.75, 3.05) is 19.8 Å². The van der Waals surface area contributed by atoms with Gasteiger partial charge in [0.15, 0.2) is 0 Å². The zero-order valence-corrected chi connectivity index (χ0v) is 11.5. The molecule has 0 bridgehead atoms. The van der Waals surface area contributed by atoms with Gasteiger partial charge in [0.05, 0.1) is 23.2 Å². The molecule has 1 aromatic rings. The maximum absolute atomic E-state index is 13.4. The average Bonchev–Trinajstić information content (AvgIpc) is 2.41. The standard InChI is InChI=1S/C12H12BrFN2O3/c13-10-7(2-1-3-8(10)14)12(18)16-4-5-19-6-9(16)11(15)17/h1-3,9H,4-6H2,(H2,15,17). The monoisotopic (exact) mass is 330 g/mol. The molecule has 1 atom stereocenters. The molecule has 19 heavy (non-hydrogen) atoms. The van der Waals surface area contributed by atoms with E-state index in [0.717, 1.165) is 0 Å². The van der Waals surface area contributed by atoms with E-state index in [9.17, 15) is 14.0 Å². The number of halogens is 2. The van der Waals surface area contributed by atoms with Gasteiger partial charge in [0, 0.05) is 6.54 Å². The molecule has 1 aliphatic heterocycles. The summed E-state index contributed by atoms with van der Waals surface area (Å²) in [5.74, 6) is -1.62. The molecule has 7 heteroatoms. The van der Waals surface area contributed by atoms with Crippen LogP contribution in [0.2, 0.25) is 0 Å². The molecule has 1 heterocycles. The third-order valence-corrected chi connectivity index (χ3v) is 3.71. The van der Waals surface area contributed by atoms with E-state index in [4.69, 9.17) is 10.5 Å². The summed E-state index contributed by atoms with van der Waals surface area (Å²) in [6.07, 6.45) is 0. The van der Waals surface area contributed by atoms with Crippen molar-refractivity contribution >= 4 is 27.7 Å². The highest BCUT2D eigenvalue weighted by Crippen LogP contribution is 2.23. The van der Waals surface area contributed by atoms with E-state index in [-0.39, 0.29) is 23.2 Å². The molecule has 1 unspecified atom stereocenters. The second-order valence-corrected chi connectivity index (χ2v) is 4.89. The van der Waals surface area contributed by atoms with E-state index in [0.29, 0.717) is 6.61 Å². The number of benzene rings is 1. The number of hydrogen-bond donors (Lipinski definition) is 1. The number of ether oxygens (including phenoxy) is 1. The van der Waals surface area contributed by atoms with Crippen LogP contribution < -0.4 is 5.73 Å². The number of hydrogen-bond acceptors (Lipinski definition) is 3. The first-order valence-electron chi connectivity index (χ1n) is 5.64. The van der Waals surface area contributed by atoms with Gasteiger partial charge in [-0.3, -0.25) is 9.59 Å². The number of morpholine rings is 1. The molecular weight excluding hydrogens is 319 g/mol. The Morgan fingerprint density at radius 2 is 2.21 bits per heavy atom. The third-order valence-electron chi connectivity index (χ3n) is 2.90. The fourth-order valence-corrected chi connectivity index (χ4v) is 2.34. The second kappa shape index (κ2) is 5.66. The first kappa shape index (κ1) is 14.0. The van der Waals surface area contributed by atoms with Crippen molar-refractivity contribution in [3.05, 3.63) is 34.1 Å². The Bertz CT molecular complexity index is 524. The van der Waals surface area contributed by atoms with Crippen molar-refractivity contribution in [3.63, 3.8) is 0 Å². The van der Waals surface area contributed by atoms with E-state index in [1.165, 1.54) is 23.1 Å². The van der Waals surface area contributed by atoms with Crippen molar-refractivity contribution in [2.24, 2.45) is 5.73 Å². The lowest BCUT2D eigenvalue weighted by molar-refractivity contribution is -0.127. The van der Waals surface area contributed by atoms with Gasteiger partial charge in [-0.2, -0.15) is 0 Å². The molecule has 0 spiro atoms. The predicted octanol–water partition coefficient (Wildman–Crippen LogP) is 0.915. The van der Waals surface area contributed by atoms with Crippen LogP contribution in [-0.4, -0.2) is 42.5 Å². The zero-order chi connectivity index (χ0) is 14.0. The molecule has 0 aromatic heterocycles. The van der Waals surface area contributed by atoms with Crippen LogP contribution in [0.3, 0.4) is 0 Å². The van der Waals surface area contributed by atoms with Gasteiger partial charge in [-0.1, -0.05) is 6.07 Å². The van der Waals surface area contributed by atoms with E-state index < -0.39 is 23.7 Å². The molecule has 5 nitrogen and oxygen atoms in total. The van der Waals surface area contributed by atoms with Crippen LogP contribution in [0.15, 0.2) is 22.7 Å². The molecule has 1 aliphatic rings. The summed E-state index contributed by atoms with van der Waals surface area (Å²) in [6, 6.07) is 3.35. The number of primary amides is 1. The van der Waals surface area contributed by atoms with Crippen LogP contribution in [0.1, 0.15) is 10.4 Å². The lowest BCUT2D eigenvalue weighted by Crippen LogP contribution is -2.54. The van der Waals surface area contributed by atoms with Gasteiger partial charge in [0.2, 0.25) is 5.91 Å². The van der Waals surface area contributed by atoms with Gasteiger partial charge < -0.3 is 15.4 Å². The number of nitrogens with zero attached hydrogens (tertiary/aromatic N) is 1. The molecule has 0 radical (unpaired) electrons. The zero-order valence-electron chi connectivity index (χ0n) is 9.94. The highest BCUT2D eigenvalue weighted by atomic mass is 79.9. The fourth-order valence-electron chi connectivity index (χ4n) is 1.91. The van der Waals surface area contributed by atoms with Crippen LogP contribution in [0.4, 0.5) is 4.39 Å². The Labute approximate surface area is 117 Å². The normalized spacial score (nSPS) is 19.3. The third kappa shape index (κ3) is 2.76. The smallest absolute Gasteiger partial charge is 0.255 e. The van der Waals surface area contributed by atoms with Gasteiger partial charge in [0.1, 0.15) is 11.9 Å². The summed E-state index contributed by atoms with van der Waals surface area (Å²) in [6.45, 7) is 0.631. The average molecular weight is 331 g/mol. The number of rotatable bonds is 2. The number of carbonyl (C=O) groups is 2. The molecule has 1 fully saturated rings. The van der Waals surface area contributed by atoms with Gasteiger partial charge in [-0.25, -0.2) is 4.39 Å². The van der Waals surface area contributed by atoms with Crippen molar-refractivity contribution in [2.45, 2.75) is 6.04 Å². The molecule has 102 valence electrons. The number of amides is 2. The van der Waals surface area contributed by atoms with Crippen molar-refractivity contribution < 1.29 is 18.7 Å². The number of nitrogens with two attached hydrogens (primary N) is 1. The number of carbonyl (C=O) groups excluding carboxylic acids is 2. The fraction of sp³-hybridized carbons (Fsp3) is 0.333. The Morgan fingerprint density at radius 3 is 2.89 bits per heavy atom. The Balaban J connectivity index is 2.31. The molecule has 2 rings (SSSR count). The summed E-state index contributed by atoms with van der Waals surface area (Å²) in [7, 11) is 0. The molecule has 1 saturated heterocycles. The molecule has 0 aliphatic carbocycles. The summed E-state index contributed by atoms with van der Waals surface area (Å²) >= 11 is 3.03. The maximum Gasteiger partial charge on any atom is 0.255 e. The summed E-state index contributed by atoms with van der Waals surface area (Å²) in [5, 5.41) is 0. The van der Waals surface area contributed by atoms with Crippen LogP contribution in [0.5, 0.6) is 0 Å². The second-order valence-electron chi connectivity index (χ2n) is 4.09. The minimum absolute atomic E-state index is 0.0635. The summed E-state index contributed by atoms with van der Waals surface area (Å²) < 4.78 is 18.6. The minimum atomic E-state index is -0.823. The van der Waals surface area contributed by atoms with Crippen LogP contribution in [0, 0.1) is 5.82 Å². The largest absolute Gasteiger partial charge is 0.377 e. The minimum Gasteiger partial charge on any atom is -0.377 e. The van der Waals surface area contributed by atoms with Crippen LogP contribution in [-0.2, 0) is 9.53 Å². The SMILES string of the molecule is NC(=O)C1COCCN1C(=O)c1cccc(F)c1Br. The van der Waals surface area contributed by atoms with Crippen molar-refractivity contribution in [1.29, 1.82) is 0 Å². The predicted molar refractivity (Wildman–Crippen MR) is 68.9 cm³/mol. The van der Waals surface area contributed by atoms with E-state index in [1.54, 1.807) is 0 Å². The summed E-state index contributed by atoms with van der Waals surface area (Å²) in [5.41, 5.74) is 5.40. The lowest BCUT2D eigenvalue weighted by atomic mass is 10.1. The molecule has 2 N–H and O–H groups in total. The van der Waals surface area contributed by atoms with E-state index in [2.05, 4.69) is 15.9 Å². The van der Waals surface area contributed by atoms with E-state index >= 15 is 0 Å². The Morgan fingerprint density at radius 1 is 1.47 bits per heavy atom. The molecule has 2 amide bonds. The first-order valence-corrected chi connectivity index (χ1v) is 6.43. The lowest BCUT2D eigenvalue weighted by Gasteiger charge is -2.33. The molecule has 1 aromatic carbocycles. The van der Waals surface area contributed by atoms with Crippen LogP contribution >= 0.6 is 15.9 Å². The van der Waals surface area contributed by atoms with Gasteiger partial charge in [-0.05, 0) is 28.1 Å². The highest BCUT2D eigenvalue weighted by Gasteiger charge is 2.32. The van der Waals surface area contributed by atoms with Gasteiger partial charge in [-0.15, -0.1) is 0 Å². The van der Waals surface area contributed by atoms with Crippen LogP contribution in [0.25, 0.3) is 0 Å². The Kier molecular flexibility index (Phi) is 4.16. The van der Waals surface area contributed by atoms with E-state index in [1.807, 2.05) is 0 Å².